The molecule has 1 rings (SSSR count). The molecule has 4 N–H and O–H groups in total. The highest BCUT2D eigenvalue weighted by Gasteiger charge is 2.18. The molecule has 0 fully saturated rings. The second kappa shape index (κ2) is 4.62. The van der Waals surface area contributed by atoms with Gasteiger partial charge >= 0.3 is 10.2 Å². The summed E-state index contributed by atoms with van der Waals surface area (Å²) in [4.78, 5) is 11.3. The van der Waals surface area contributed by atoms with Crippen LogP contribution in [0.15, 0.2) is 30.3 Å². The van der Waals surface area contributed by atoms with Crippen LogP contribution in [-0.4, -0.2) is 20.3 Å². The van der Waals surface area contributed by atoms with Crippen molar-refractivity contribution in [2.75, 3.05) is 0 Å². The minimum absolute atomic E-state index is 0.136. The van der Waals surface area contributed by atoms with E-state index in [1.54, 1.807) is 22.9 Å². The average molecular weight is 241 g/mol. The van der Waals surface area contributed by atoms with Gasteiger partial charge in [-0.25, -0.2) is 4.72 Å². The first-order valence-electron chi connectivity index (χ1n) is 4.10. The van der Waals surface area contributed by atoms with Crippen molar-refractivity contribution in [1.29, 1.82) is 5.41 Å². The number of carbonyl (C=O) groups excluding carboxylic acids is 1. The SMILES string of the molecule is N=C(N)NS(=O)(=O)[N]C(=O)c1ccccc1. The van der Waals surface area contributed by atoms with Crippen molar-refractivity contribution >= 4 is 22.1 Å². The number of nitrogens with one attached hydrogen (secondary N) is 2. The fraction of sp³-hybridized carbons (Fsp3) is 0. The van der Waals surface area contributed by atoms with Crippen LogP contribution < -0.4 is 15.2 Å². The van der Waals surface area contributed by atoms with Crippen molar-refractivity contribution in [1.82, 2.24) is 9.44 Å². The fourth-order valence-electron chi connectivity index (χ4n) is 0.904. The van der Waals surface area contributed by atoms with Gasteiger partial charge in [0.05, 0.1) is 0 Å². The maximum absolute atomic E-state index is 11.3. The lowest BCUT2D eigenvalue weighted by Crippen LogP contribution is -2.41. The van der Waals surface area contributed by atoms with Gasteiger partial charge in [0.1, 0.15) is 0 Å². The summed E-state index contributed by atoms with van der Waals surface area (Å²) in [7, 11) is -4.25. The quantitative estimate of drug-likeness (QED) is 0.470. The van der Waals surface area contributed by atoms with Gasteiger partial charge in [-0.2, -0.15) is 8.42 Å². The molecule has 1 radical (unpaired) electrons. The average Bonchev–Trinajstić information content (AvgIpc) is 2.16. The lowest BCUT2D eigenvalue weighted by Gasteiger charge is -2.04. The molecule has 0 saturated carbocycles. The molecule has 16 heavy (non-hydrogen) atoms. The van der Waals surface area contributed by atoms with Crippen molar-refractivity contribution in [3.8, 4) is 0 Å². The van der Waals surface area contributed by atoms with Crippen LogP contribution >= 0.6 is 0 Å². The molecular formula is C8H9N4O3S. The molecule has 0 aromatic heterocycles. The zero-order chi connectivity index (χ0) is 12.2. The Morgan fingerprint density at radius 3 is 2.38 bits per heavy atom. The maximum atomic E-state index is 11.3. The number of guanidine groups is 1. The number of benzene rings is 1. The molecule has 7 nitrogen and oxygen atoms in total. The van der Waals surface area contributed by atoms with Crippen LogP contribution in [-0.2, 0) is 10.2 Å². The molecule has 0 saturated heterocycles. The van der Waals surface area contributed by atoms with Gasteiger partial charge in [-0.05, 0) is 12.1 Å². The first kappa shape index (κ1) is 12.0. The Labute approximate surface area is 92.3 Å². The smallest absolute Gasteiger partial charge is 0.348 e. The van der Waals surface area contributed by atoms with E-state index in [9.17, 15) is 13.2 Å². The van der Waals surface area contributed by atoms with Gasteiger partial charge in [0.15, 0.2) is 0 Å². The standard InChI is InChI=1S/C8H9N4O3S/c9-8(10)12-16(14,15)11-7(13)6-4-2-1-3-5-6/h1-5H,(H4,9,10,12). The summed E-state index contributed by atoms with van der Waals surface area (Å²) in [5, 5.41) is 6.72. The second-order valence-electron chi connectivity index (χ2n) is 2.75. The normalized spacial score (nSPS) is 10.5. The van der Waals surface area contributed by atoms with E-state index >= 15 is 0 Å². The minimum Gasteiger partial charge on any atom is -0.369 e. The first-order chi connectivity index (χ1) is 7.41. The van der Waals surface area contributed by atoms with Crippen LogP contribution in [0.4, 0.5) is 0 Å². The third kappa shape index (κ3) is 3.58. The molecule has 0 atom stereocenters. The predicted molar refractivity (Wildman–Crippen MR) is 56.9 cm³/mol. The Balaban J connectivity index is 2.76. The van der Waals surface area contributed by atoms with Gasteiger partial charge in [-0.1, -0.05) is 18.2 Å². The molecule has 1 amide bonds. The highest BCUT2D eigenvalue weighted by molar-refractivity contribution is 7.88. The third-order valence-corrected chi connectivity index (χ3v) is 2.35. The lowest BCUT2D eigenvalue weighted by atomic mass is 10.2. The van der Waals surface area contributed by atoms with Gasteiger partial charge in [0, 0.05) is 5.56 Å². The Morgan fingerprint density at radius 1 is 1.31 bits per heavy atom. The van der Waals surface area contributed by atoms with E-state index in [1.165, 1.54) is 12.1 Å². The third-order valence-electron chi connectivity index (χ3n) is 1.46. The number of amides is 1. The topological polar surface area (TPSA) is 127 Å². The van der Waals surface area contributed by atoms with Gasteiger partial charge in [-0.15, -0.1) is 4.72 Å². The molecule has 0 aliphatic rings. The van der Waals surface area contributed by atoms with Crippen molar-refractivity contribution in [3.05, 3.63) is 35.9 Å². The van der Waals surface area contributed by atoms with E-state index in [4.69, 9.17) is 11.1 Å². The molecule has 0 unspecified atom stereocenters. The Morgan fingerprint density at radius 2 is 1.88 bits per heavy atom. The lowest BCUT2D eigenvalue weighted by molar-refractivity contribution is 0.0978. The van der Waals surface area contributed by atoms with Crippen LogP contribution in [0.25, 0.3) is 0 Å². The van der Waals surface area contributed by atoms with E-state index in [0.29, 0.717) is 0 Å². The molecule has 85 valence electrons. The number of carbonyl (C=O) groups is 1. The Kier molecular flexibility index (Phi) is 3.46. The van der Waals surface area contributed by atoms with E-state index in [-0.39, 0.29) is 5.56 Å². The van der Waals surface area contributed by atoms with E-state index in [1.807, 2.05) is 0 Å². The highest BCUT2D eigenvalue weighted by Crippen LogP contribution is 1.99. The number of rotatable bonds is 3. The second-order valence-corrected chi connectivity index (χ2v) is 4.09. The Hall–Kier alpha value is -2.09. The number of hydrogen-bond donors (Lipinski definition) is 3. The van der Waals surface area contributed by atoms with E-state index in [2.05, 4.69) is 4.72 Å². The van der Waals surface area contributed by atoms with Crippen LogP contribution in [0.3, 0.4) is 0 Å². The molecule has 0 heterocycles. The van der Waals surface area contributed by atoms with Crippen LogP contribution in [0.1, 0.15) is 10.4 Å². The molecule has 1 aromatic carbocycles. The first-order valence-corrected chi connectivity index (χ1v) is 5.54. The van der Waals surface area contributed by atoms with E-state index in [0.717, 1.165) is 0 Å². The summed E-state index contributed by atoms with van der Waals surface area (Å²) >= 11 is 0. The maximum Gasteiger partial charge on any atom is 0.348 e. The molecule has 0 aliphatic heterocycles. The van der Waals surface area contributed by atoms with E-state index < -0.39 is 22.1 Å². The molecular weight excluding hydrogens is 232 g/mol. The number of hydrogen-bond acceptors (Lipinski definition) is 4. The summed E-state index contributed by atoms with van der Waals surface area (Å²) < 4.78 is 26.7. The predicted octanol–water partition coefficient (Wildman–Crippen LogP) is -0.841. The van der Waals surface area contributed by atoms with Crippen molar-refractivity contribution in [3.63, 3.8) is 0 Å². The molecule has 0 bridgehead atoms. The number of nitrogens with two attached hydrogens (primary N) is 1. The Bertz CT molecular complexity index is 497. The van der Waals surface area contributed by atoms with Crippen LogP contribution in [0.2, 0.25) is 0 Å². The van der Waals surface area contributed by atoms with Gasteiger partial charge < -0.3 is 5.73 Å². The monoisotopic (exact) mass is 241 g/mol. The summed E-state index contributed by atoms with van der Waals surface area (Å²) in [5.41, 5.74) is 4.95. The fourth-order valence-corrected chi connectivity index (χ4v) is 1.55. The highest BCUT2D eigenvalue weighted by atomic mass is 32.2. The summed E-state index contributed by atoms with van der Waals surface area (Å²) in [6.45, 7) is 0. The number of nitrogens with zero attached hydrogens (tertiary/aromatic N) is 1. The van der Waals surface area contributed by atoms with Crippen molar-refractivity contribution in [2.24, 2.45) is 5.73 Å². The molecule has 0 spiro atoms. The van der Waals surface area contributed by atoms with Gasteiger partial charge in [0.25, 0.3) is 5.91 Å². The molecule has 8 heteroatoms. The summed E-state index contributed by atoms with van der Waals surface area (Å²) in [6, 6.07) is 7.69. The van der Waals surface area contributed by atoms with Gasteiger partial charge in [0.2, 0.25) is 5.96 Å². The minimum atomic E-state index is -4.25. The summed E-state index contributed by atoms with van der Waals surface area (Å²) in [5.74, 6) is -1.72. The largest absolute Gasteiger partial charge is 0.369 e. The molecule has 0 aliphatic carbocycles. The zero-order valence-electron chi connectivity index (χ0n) is 8.04. The van der Waals surface area contributed by atoms with Crippen LogP contribution in [0.5, 0.6) is 0 Å². The zero-order valence-corrected chi connectivity index (χ0v) is 8.86. The van der Waals surface area contributed by atoms with Crippen LogP contribution in [0, 0.1) is 5.41 Å². The van der Waals surface area contributed by atoms with Gasteiger partial charge in [-0.3, -0.25) is 10.2 Å². The van der Waals surface area contributed by atoms with Crippen molar-refractivity contribution < 1.29 is 13.2 Å². The molecule has 1 aromatic rings. The van der Waals surface area contributed by atoms with Crippen molar-refractivity contribution in [2.45, 2.75) is 0 Å². The summed E-state index contributed by atoms with van der Waals surface area (Å²) in [6.07, 6.45) is 0.